The summed E-state index contributed by atoms with van der Waals surface area (Å²) in [6, 6.07) is 70.1. The second kappa shape index (κ2) is 16.6. The number of allylic oxidation sites excluding steroid dienone is 4. The van der Waals surface area contributed by atoms with Crippen LogP contribution in [-0.4, -0.2) is 12.1 Å². The molecular formula is C66H53N. The number of rotatable bonds is 5. The lowest BCUT2D eigenvalue weighted by molar-refractivity contribution is 0.616. The zero-order chi connectivity index (χ0) is 45.1. The van der Waals surface area contributed by atoms with Crippen molar-refractivity contribution in [2.24, 2.45) is 0 Å². The summed E-state index contributed by atoms with van der Waals surface area (Å²) in [5.74, 6) is 0. The Morgan fingerprint density at radius 2 is 0.985 bits per heavy atom. The third kappa shape index (κ3) is 6.59. The number of nitrogens with zero attached hydrogens (tertiary/aromatic N) is 1. The van der Waals surface area contributed by atoms with Gasteiger partial charge in [0.2, 0.25) is 0 Å². The molecule has 1 heteroatoms. The van der Waals surface area contributed by atoms with E-state index in [0.29, 0.717) is 6.04 Å². The topological polar surface area (TPSA) is 3.24 Å². The van der Waals surface area contributed by atoms with Gasteiger partial charge in [0.1, 0.15) is 0 Å². The minimum atomic E-state index is -0.329. The first kappa shape index (κ1) is 40.7. The van der Waals surface area contributed by atoms with Gasteiger partial charge in [-0.15, -0.1) is 0 Å². The van der Waals surface area contributed by atoms with E-state index >= 15 is 0 Å². The van der Waals surface area contributed by atoms with Gasteiger partial charge < -0.3 is 4.90 Å². The van der Waals surface area contributed by atoms with E-state index in [1.165, 1.54) is 111 Å². The van der Waals surface area contributed by atoms with E-state index in [0.717, 1.165) is 12.8 Å². The molecule has 0 aromatic heterocycles. The van der Waals surface area contributed by atoms with Crippen molar-refractivity contribution >= 4 is 32.8 Å². The summed E-state index contributed by atoms with van der Waals surface area (Å²) >= 11 is 0. The van der Waals surface area contributed by atoms with E-state index in [-0.39, 0.29) is 11.5 Å². The predicted octanol–water partition coefficient (Wildman–Crippen LogP) is 16.7. The summed E-state index contributed by atoms with van der Waals surface area (Å²) in [6.07, 6.45) is 18.3. The molecule has 1 nitrogen and oxygen atoms in total. The summed E-state index contributed by atoms with van der Waals surface area (Å²) in [5, 5.41) is 5.36. The third-order valence-corrected chi connectivity index (χ3v) is 15.0. The molecule has 0 heterocycles. The molecule has 0 fully saturated rings. The minimum Gasteiger partial charge on any atom is -0.358 e. The first-order valence-electron chi connectivity index (χ1n) is 24.0. The van der Waals surface area contributed by atoms with Crippen LogP contribution in [0.2, 0.25) is 0 Å². The van der Waals surface area contributed by atoms with Crippen LogP contribution in [0.4, 0.5) is 5.69 Å². The number of benzene rings is 9. The van der Waals surface area contributed by atoms with Crippen molar-refractivity contribution < 1.29 is 0 Å². The molecule has 0 saturated heterocycles. The Hall–Kier alpha value is -7.74. The molecule has 0 N–H and O–H groups in total. The van der Waals surface area contributed by atoms with Crippen LogP contribution in [0.15, 0.2) is 231 Å². The van der Waals surface area contributed by atoms with Crippen LogP contribution in [0, 0.1) is 20.8 Å². The number of hydrogen-bond donors (Lipinski definition) is 0. The molecule has 4 aliphatic carbocycles. The maximum Gasteiger partial charge on any atom is 0.0726 e. The fourth-order valence-corrected chi connectivity index (χ4v) is 11.9. The van der Waals surface area contributed by atoms with Crippen molar-refractivity contribution in [3.63, 3.8) is 0 Å². The fraction of sp³-hybridized carbons (Fsp3) is 0.121. The molecule has 2 unspecified atom stereocenters. The molecule has 67 heavy (non-hydrogen) atoms. The number of aryl methyl sites for hydroxylation is 3. The quantitative estimate of drug-likeness (QED) is 0.156. The van der Waals surface area contributed by atoms with Gasteiger partial charge in [0.05, 0.1) is 17.5 Å². The summed E-state index contributed by atoms with van der Waals surface area (Å²) in [7, 11) is 0. The van der Waals surface area contributed by atoms with E-state index < -0.39 is 0 Å². The smallest absolute Gasteiger partial charge is 0.0726 e. The lowest BCUT2D eigenvalue weighted by atomic mass is 9.70. The first-order chi connectivity index (χ1) is 33.0. The molecule has 0 bridgehead atoms. The average molecular weight is 860 g/mol. The van der Waals surface area contributed by atoms with Crippen LogP contribution in [0.5, 0.6) is 0 Å². The Bertz CT molecular complexity index is 3460. The molecule has 13 rings (SSSR count). The molecule has 0 aliphatic heterocycles. The number of hydrogen-bond acceptors (Lipinski definition) is 1. The second-order valence-corrected chi connectivity index (χ2v) is 18.7. The number of anilines is 1. The maximum absolute atomic E-state index is 2.67. The number of fused-ring (bicyclic) bond motifs is 13. The zero-order valence-electron chi connectivity index (χ0n) is 38.5. The summed E-state index contributed by atoms with van der Waals surface area (Å²) in [4.78, 5) is 2.67. The van der Waals surface area contributed by atoms with E-state index in [9.17, 15) is 0 Å². The van der Waals surface area contributed by atoms with E-state index in [4.69, 9.17) is 0 Å². The van der Waals surface area contributed by atoms with Crippen molar-refractivity contribution in [3.05, 3.63) is 275 Å². The van der Waals surface area contributed by atoms with Gasteiger partial charge in [-0.25, -0.2) is 0 Å². The SMILES string of the molecule is Cc1ccc(C2=CCC(N(c3ccc4c(c3)C3(c5ccccc5-c5ccccc53)c3ccccc3-4)C3C=CC=CC3)C=C2)cc1.Cc1ccccc1-c1c(C)c2ccccc2c2ccccc12. The van der Waals surface area contributed by atoms with E-state index in [1.54, 1.807) is 0 Å². The van der Waals surface area contributed by atoms with Gasteiger partial charge in [-0.05, 0) is 145 Å². The second-order valence-electron chi connectivity index (χ2n) is 18.7. The third-order valence-electron chi connectivity index (χ3n) is 15.0. The molecule has 1 spiro atoms. The molecular weight excluding hydrogens is 807 g/mol. The van der Waals surface area contributed by atoms with E-state index in [2.05, 4.69) is 256 Å². The van der Waals surface area contributed by atoms with Crippen LogP contribution >= 0.6 is 0 Å². The van der Waals surface area contributed by atoms with Crippen molar-refractivity contribution in [3.8, 4) is 33.4 Å². The van der Waals surface area contributed by atoms with Crippen LogP contribution in [0.3, 0.4) is 0 Å². The zero-order valence-corrected chi connectivity index (χ0v) is 38.5. The predicted molar refractivity (Wildman–Crippen MR) is 285 cm³/mol. The largest absolute Gasteiger partial charge is 0.358 e. The highest BCUT2D eigenvalue weighted by atomic mass is 15.2. The molecule has 9 aromatic rings. The maximum atomic E-state index is 2.67. The van der Waals surface area contributed by atoms with Crippen molar-refractivity contribution in [2.45, 2.75) is 51.1 Å². The molecule has 0 amide bonds. The van der Waals surface area contributed by atoms with Crippen LogP contribution in [0.25, 0.3) is 60.5 Å². The van der Waals surface area contributed by atoms with Gasteiger partial charge in [-0.3, -0.25) is 0 Å². The molecule has 2 atom stereocenters. The lowest BCUT2D eigenvalue weighted by Gasteiger charge is -2.39. The highest BCUT2D eigenvalue weighted by molar-refractivity contribution is 6.16. The fourth-order valence-electron chi connectivity index (χ4n) is 11.9. The summed E-state index contributed by atoms with van der Waals surface area (Å²) in [5.41, 5.74) is 21.2. The molecule has 322 valence electrons. The van der Waals surface area contributed by atoms with Crippen LogP contribution in [0.1, 0.15) is 57.3 Å². The molecule has 0 radical (unpaired) electrons. The van der Waals surface area contributed by atoms with Gasteiger partial charge in [0.25, 0.3) is 0 Å². The Balaban J connectivity index is 0.000000178. The van der Waals surface area contributed by atoms with Gasteiger partial charge in [0, 0.05) is 5.69 Å². The Morgan fingerprint density at radius 1 is 0.448 bits per heavy atom. The Labute approximate surface area is 395 Å². The minimum absolute atomic E-state index is 0.265. The van der Waals surface area contributed by atoms with Crippen LogP contribution in [-0.2, 0) is 5.41 Å². The standard InChI is InChI=1S/C44H35N.C22H18/c1-30-19-21-31(22-20-30)32-23-25-34(26-24-32)45(33-11-3-2-4-12-33)35-27-28-39-38-15-7-10-18-42(38)44(43(39)29-35)40-16-8-5-13-36(40)37-14-6-9-17-41(37)44;1-15-9-3-4-10-17(15)22-16(2)18-11-5-6-12-19(18)20-13-7-8-14-21(20)22/h2-11,13-25,27-29,33-34H,12,26H2,1H3;3-14H,1-2H3. The molecule has 4 aliphatic rings. The Kier molecular flexibility index (Phi) is 10.1. The van der Waals surface area contributed by atoms with Crippen molar-refractivity contribution in [1.29, 1.82) is 0 Å². The van der Waals surface area contributed by atoms with Crippen LogP contribution < -0.4 is 4.90 Å². The highest BCUT2D eigenvalue weighted by Gasteiger charge is 2.51. The van der Waals surface area contributed by atoms with Crippen molar-refractivity contribution in [1.82, 2.24) is 0 Å². The van der Waals surface area contributed by atoms with E-state index in [1.807, 2.05) is 0 Å². The average Bonchev–Trinajstić information content (AvgIpc) is 3.85. The lowest BCUT2D eigenvalue weighted by Crippen LogP contribution is -2.42. The monoisotopic (exact) mass is 859 g/mol. The molecule has 0 saturated carbocycles. The molecule has 9 aromatic carbocycles. The Morgan fingerprint density at radius 3 is 1.58 bits per heavy atom. The normalized spacial score (nSPS) is 16.8. The summed E-state index contributed by atoms with van der Waals surface area (Å²) < 4.78 is 0. The van der Waals surface area contributed by atoms with Crippen molar-refractivity contribution in [2.75, 3.05) is 4.90 Å². The highest BCUT2D eigenvalue weighted by Crippen LogP contribution is 2.63. The van der Waals surface area contributed by atoms with Gasteiger partial charge in [-0.1, -0.05) is 224 Å². The first-order valence-corrected chi connectivity index (χ1v) is 24.0. The van der Waals surface area contributed by atoms with Gasteiger partial charge in [0.15, 0.2) is 0 Å². The van der Waals surface area contributed by atoms with Gasteiger partial charge in [-0.2, -0.15) is 0 Å². The van der Waals surface area contributed by atoms with Gasteiger partial charge >= 0.3 is 0 Å². The summed E-state index contributed by atoms with van der Waals surface area (Å²) in [6.45, 7) is 6.59.